The fraction of sp³-hybridized carbons (Fsp3) is 0.130. The highest BCUT2D eigenvalue weighted by molar-refractivity contribution is 7.16. The lowest BCUT2D eigenvalue weighted by atomic mass is 10.2. The number of aromatic nitrogens is 1. The molecule has 0 spiro atoms. The van der Waals surface area contributed by atoms with Crippen LogP contribution < -0.4 is 9.54 Å². The molecule has 0 unspecified atom stereocenters. The molecule has 0 atom stereocenters. The number of hydrogen-bond acceptors (Lipinski definition) is 3. The third-order valence-electron chi connectivity index (χ3n) is 4.29. The van der Waals surface area contributed by atoms with E-state index in [0.29, 0.717) is 11.3 Å². The molecular formula is C23H20N2O2S. The molecule has 140 valence electrons. The predicted molar refractivity (Wildman–Crippen MR) is 113 cm³/mol. The van der Waals surface area contributed by atoms with Crippen molar-refractivity contribution in [3.63, 3.8) is 0 Å². The molecular weight excluding hydrogens is 368 g/mol. The van der Waals surface area contributed by atoms with Crippen molar-refractivity contribution < 1.29 is 9.53 Å². The van der Waals surface area contributed by atoms with Crippen LogP contribution in [0.3, 0.4) is 0 Å². The highest BCUT2D eigenvalue weighted by Gasteiger charge is 2.10. The quantitative estimate of drug-likeness (QED) is 0.444. The minimum atomic E-state index is -0.269. The van der Waals surface area contributed by atoms with Gasteiger partial charge in [-0.2, -0.15) is 4.99 Å². The van der Waals surface area contributed by atoms with Crippen molar-refractivity contribution in [2.24, 2.45) is 4.99 Å². The maximum absolute atomic E-state index is 12.8. The first kappa shape index (κ1) is 18.2. The van der Waals surface area contributed by atoms with Gasteiger partial charge in [0.25, 0.3) is 5.91 Å². The van der Waals surface area contributed by atoms with Gasteiger partial charge in [-0.3, -0.25) is 4.79 Å². The minimum absolute atomic E-state index is 0.269. The zero-order valence-corrected chi connectivity index (χ0v) is 16.4. The van der Waals surface area contributed by atoms with E-state index in [2.05, 4.69) is 28.6 Å². The van der Waals surface area contributed by atoms with Crippen LogP contribution in [0.25, 0.3) is 10.2 Å². The second kappa shape index (κ2) is 8.23. The van der Waals surface area contributed by atoms with Gasteiger partial charge in [0.1, 0.15) is 11.5 Å². The Morgan fingerprint density at radius 2 is 1.71 bits per heavy atom. The number of para-hydroxylation sites is 2. The molecule has 0 fully saturated rings. The molecule has 28 heavy (non-hydrogen) atoms. The lowest BCUT2D eigenvalue weighted by Crippen LogP contribution is -2.16. The number of benzene rings is 3. The minimum Gasteiger partial charge on any atom is -0.457 e. The highest BCUT2D eigenvalue weighted by atomic mass is 32.1. The zero-order valence-electron chi connectivity index (χ0n) is 15.5. The number of hydrogen-bond donors (Lipinski definition) is 0. The van der Waals surface area contributed by atoms with Crippen LogP contribution in [0.2, 0.25) is 0 Å². The van der Waals surface area contributed by atoms with Crippen LogP contribution in [0.1, 0.15) is 23.7 Å². The van der Waals surface area contributed by atoms with Crippen LogP contribution in [0, 0.1) is 0 Å². The fourth-order valence-corrected chi connectivity index (χ4v) is 4.07. The van der Waals surface area contributed by atoms with Crippen LogP contribution in [0.5, 0.6) is 11.5 Å². The van der Waals surface area contributed by atoms with Crippen LogP contribution in [-0.2, 0) is 6.54 Å². The Hall–Kier alpha value is -3.18. The Labute approximate surface area is 167 Å². The van der Waals surface area contributed by atoms with E-state index in [9.17, 15) is 4.79 Å². The number of carbonyl (C=O) groups is 1. The molecule has 0 saturated heterocycles. The lowest BCUT2D eigenvalue weighted by Gasteiger charge is -2.06. The second-order valence-corrected chi connectivity index (χ2v) is 7.37. The first-order chi connectivity index (χ1) is 13.7. The lowest BCUT2D eigenvalue weighted by molar-refractivity contribution is 0.0997. The molecule has 4 nitrogen and oxygen atoms in total. The van der Waals surface area contributed by atoms with Crippen molar-refractivity contribution >= 4 is 27.5 Å². The summed E-state index contributed by atoms with van der Waals surface area (Å²) < 4.78 is 9.07. The predicted octanol–water partition coefficient (Wildman–Crippen LogP) is 5.65. The van der Waals surface area contributed by atoms with E-state index in [4.69, 9.17) is 4.74 Å². The van der Waals surface area contributed by atoms with E-state index >= 15 is 0 Å². The molecule has 0 saturated carbocycles. The van der Waals surface area contributed by atoms with E-state index in [1.54, 1.807) is 12.1 Å². The van der Waals surface area contributed by atoms with Crippen molar-refractivity contribution in [2.45, 2.75) is 19.9 Å². The molecule has 1 heterocycles. The van der Waals surface area contributed by atoms with Crippen molar-refractivity contribution in [3.05, 3.63) is 89.2 Å². The number of fused-ring (bicyclic) bond motifs is 1. The van der Waals surface area contributed by atoms with Gasteiger partial charge in [-0.25, -0.2) is 0 Å². The average molecular weight is 388 g/mol. The standard InChI is InChI=1S/C23H20N2O2S/c1-2-15-25-20-13-6-7-14-21(20)28-23(25)24-22(26)17-9-8-12-19(16-17)27-18-10-4-3-5-11-18/h3-14,16H,2,15H2,1H3. The number of thiazole rings is 1. The van der Waals surface area contributed by atoms with Gasteiger partial charge in [-0.15, -0.1) is 0 Å². The maximum Gasteiger partial charge on any atom is 0.279 e. The van der Waals surface area contributed by atoms with Crippen LogP contribution in [-0.4, -0.2) is 10.5 Å². The monoisotopic (exact) mass is 388 g/mol. The van der Waals surface area contributed by atoms with Gasteiger partial charge in [0.05, 0.1) is 10.2 Å². The van der Waals surface area contributed by atoms with Crippen LogP contribution >= 0.6 is 11.3 Å². The van der Waals surface area contributed by atoms with Gasteiger partial charge >= 0.3 is 0 Å². The number of amides is 1. The highest BCUT2D eigenvalue weighted by Crippen LogP contribution is 2.22. The van der Waals surface area contributed by atoms with Gasteiger partial charge < -0.3 is 9.30 Å². The Balaban J connectivity index is 1.68. The number of carbonyl (C=O) groups excluding carboxylic acids is 1. The summed E-state index contributed by atoms with van der Waals surface area (Å²) in [6, 6.07) is 24.8. The molecule has 0 N–H and O–H groups in total. The summed E-state index contributed by atoms with van der Waals surface area (Å²) in [5, 5.41) is 0. The molecule has 0 aliphatic carbocycles. The summed E-state index contributed by atoms with van der Waals surface area (Å²) in [4.78, 5) is 18.0. The van der Waals surface area contributed by atoms with E-state index in [0.717, 1.165) is 33.7 Å². The molecule has 1 amide bonds. The van der Waals surface area contributed by atoms with E-state index in [-0.39, 0.29) is 5.91 Å². The van der Waals surface area contributed by atoms with E-state index in [1.807, 2.05) is 54.6 Å². The third kappa shape index (κ3) is 3.89. The maximum atomic E-state index is 12.8. The molecule has 3 aromatic carbocycles. The summed E-state index contributed by atoms with van der Waals surface area (Å²) in [6.07, 6.45) is 0.975. The molecule has 0 aliphatic heterocycles. The van der Waals surface area contributed by atoms with E-state index < -0.39 is 0 Å². The van der Waals surface area contributed by atoms with Gasteiger partial charge in [0, 0.05) is 12.1 Å². The smallest absolute Gasteiger partial charge is 0.279 e. The first-order valence-electron chi connectivity index (χ1n) is 9.25. The van der Waals surface area contributed by atoms with Crippen LogP contribution in [0.4, 0.5) is 0 Å². The summed E-state index contributed by atoms with van der Waals surface area (Å²) in [6.45, 7) is 2.95. The number of nitrogens with zero attached hydrogens (tertiary/aromatic N) is 2. The normalized spacial score (nSPS) is 11.7. The summed E-state index contributed by atoms with van der Waals surface area (Å²) in [7, 11) is 0. The molecule has 0 radical (unpaired) electrons. The molecule has 1 aromatic heterocycles. The molecule has 5 heteroatoms. The number of ether oxygens (including phenoxy) is 1. The fourth-order valence-electron chi connectivity index (χ4n) is 3.01. The Kier molecular flexibility index (Phi) is 5.35. The zero-order chi connectivity index (χ0) is 19.3. The first-order valence-corrected chi connectivity index (χ1v) is 10.1. The van der Waals surface area contributed by atoms with Crippen molar-refractivity contribution in [3.8, 4) is 11.5 Å². The molecule has 4 rings (SSSR count). The molecule has 4 aromatic rings. The topological polar surface area (TPSA) is 43.6 Å². The SMILES string of the molecule is CCCn1c(=NC(=O)c2cccc(Oc3ccccc3)c2)sc2ccccc21. The molecule has 0 aliphatic rings. The Morgan fingerprint density at radius 3 is 2.54 bits per heavy atom. The third-order valence-corrected chi connectivity index (χ3v) is 5.35. The largest absolute Gasteiger partial charge is 0.457 e. The molecule has 0 bridgehead atoms. The Morgan fingerprint density at radius 1 is 0.964 bits per heavy atom. The summed E-state index contributed by atoms with van der Waals surface area (Å²) >= 11 is 1.54. The average Bonchev–Trinajstić information content (AvgIpc) is 3.06. The summed E-state index contributed by atoms with van der Waals surface area (Å²) in [5.41, 5.74) is 1.62. The number of aryl methyl sites for hydroxylation is 1. The van der Waals surface area contributed by atoms with E-state index in [1.165, 1.54) is 11.3 Å². The van der Waals surface area contributed by atoms with Gasteiger partial charge in [-0.05, 0) is 48.9 Å². The number of rotatable bonds is 5. The van der Waals surface area contributed by atoms with Crippen molar-refractivity contribution in [2.75, 3.05) is 0 Å². The van der Waals surface area contributed by atoms with Crippen molar-refractivity contribution in [1.82, 2.24) is 4.57 Å². The summed E-state index contributed by atoms with van der Waals surface area (Å²) in [5.74, 6) is 1.08. The van der Waals surface area contributed by atoms with Gasteiger partial charge in [0.15, 0.2) is 4.80 Å². The van der Waals surface area contributed by atoms with Crippen molar-refractivity contribution in [1.29, 1.82) is 0 Å². The Bertz CT molecular complexity index is 1180. The second-order valence-electron chi connectivity index (χ2n) is 6.36. The van der Waals surface area contributed by atoms with Crippen LogP contribution in [0.15, 0.2) is 83.9 Å². The van der Waals surface area contributed by atoms with Gasteiger partial charge in [-0.1, -0.05) is 54.7 Å². The van der Waals surface area contributed by atoms with Gasteiger partial charge in [0.2, 0.25) is 0 Å².